The van der Waals surface area contributed by atoms with Crippen LogP contribution in [0.2, 0.25) is 0 Å². The zero-order valence-electron chi connectivity index (χ0n) is 14.9. The number of hydrogen-bond donors (Lipinski definition) is 2. The number of H-pyrrole nitrogens is 1. The van der Waals surface area contributed by atoms with Crippen LogP contribution in [0.15, 0.2) is 53.7 Å². The van der Waals surface area contributed by atoms with Gasteiger partial charge in [-0.1, -0.05) is 30.0 Å². The van der Waals surface area contributed by atoms with Crippen molar-refractivity contribution in [2.75, 3.05) is 5.32 Å². The zero-order chi connectivity index (χ0) is 19.2. The van der Waals surface area contributed by atoms with Crippen molar-refractivity contribution in [2.45, 2.75) is 30.9 Å². The van der Waals surface area contributed by atoms with Gasteiger partial charge < -0.3 is 10.1 Å². The van der Waals surface area contributed by atoms with Gasteiger partial charge in [0.25, 0.3) is 0 Å². The van der Waals surface area contributed by atoms with Crippen LogP contribution in [-0.2, 0) is 11.4 Å². The molecule has 0 unspecified atom stereocenters. The Kier molecular flexibility index (Phi) is 6.08. The molecule has 3 aromatic rings. The average Bonchev–Trinajstić information content (AvgIpc) is 3.10. The van der Waals surface area contributed by atoms with Crippen molar-refractivity contribution in [3.05, 3.63) is 65.7 Å². The van der Waals surface area contributed by atoms with E-state index < -0.39 is 5.25 Å². The topological polar surface area (TPSA) is 79.9 Å². The third kappa shape index (κ3) is 5.30. The lowest BCUT2D eigenvalue weighted by molar-refractivity contribution is -0.115. The number of carbonyl (C=O) groups is 1. The molecule has 0 saturated carbocycles. The number of nitrogens with zero attached hydrogens (tertiary/aromatic N) is 2. The van der Waals surface area contributed by atoms with Gasteiger partial charge in [-0.3, -0.25) is 9.89 Å². The zero-order valence-corrected chi connectivity index (χ0v) is 15.7. The van der Waals surface area contributed by atoms with Gasteiger partial charge in [0, 0.05) is 5.69 Å². The Bertz CT molecular complexity index is 914. The highest BCUT2D eigenvalue weighted by atomic mass is 32.2. The Labute approximate surface area is 160 Å². The number of rotatable bonds is 7. The average molecular weight is 386 g/mol. The monoisotopic (exact) mass is 386 g/mol. The van der Waals surface area contributed by atoms with E-state index in [1.807, 2.05) is 31.2 Å². The molecule has 27 heavy (non-hydrogen) atoms. The molecule has 0 spiro atoms. The van der Waals surface area contributed by atoms with Crippen LogP contribution in [0.5, 0.6) is 5.75 Å². The largest absolute Gasteiger partial charge is 0.485 e. The maximum atomic E-state index is 12.9. The first kappa shape index (κ1) is 18.9. The smallest absolute Gasteiger partial charge is 0.237 e. The summed E-state index contributed by atoms with van der Waals surface area (Å²) in [6.07, 6.45) is 0. The lowest BCUT2D eigenvalue weighted by atomic mass is 10.2. The second kappa shape index (κ2) is 8.68. The molecule has 140 valence electrons. The van der Waals surface area contributed by atoms with Crippen LogP contribution in [0, 0.1) is 12.7 Å². The number of carbonyl (C=O) groups excluding carboxylic acids is 1. The first-order chi connectivity index (χ1) is 13.0. The third-order valence-corrected chi connectivity index (χ3v) is 4.69. The highest BCUT2D eigenvalue weighted by molar-refractivity contribution is 8.00. The molecular weight excluding hydrogens is 367 g/mol. The van der Waals surface area contributed by atoms with Crippen LogP contribution in [0.25, 0.3) is 0 Å². The van der Waals surface area contributed by atoms with E-state index in [1.54, 1.807) is 6.92 Å². The minimum absolute atomic E-state index is 0.214. The Hall–Kier alpha value is -2.87. The molecule has 0 saturated heterocycles. The number of ether oxygens (including phenoxy) is 1. The number of aromatic nitrogens is 3. The summed E-state index contributed by atoms with van der Waals surface area (Å²) in [5.74, 6) is 0.799. The molecule has 0 fully saturated rings. The summed E-state index contributed by atoms with van der Waals surface area (Å²) in [7, 11) is 0. The number of anilines is 1. The highest BCUT2D eigenvalue weighted by Crippen LogP contribution is 2.22. The van der Waals surface area contributed by atoms with Crippen molar-refractivity contribution in [2.24, 2.45) is 0 Å². The Morgan fingerprint density at radius 2 is 2.00 bits per heavy atom. The SMILES string of the molecule is Cc1ccccc1OCc1nc(S[C@@H](C)C(=O)Nc2ccc(F)cc2)n[nH]1. The summed E-state index contributed by atoms with van der Waals surface area (Å²) in [5, 5.41) is 9.69. The van der Waals surface area contributed by atoms with E-state index in [4.69, 9.17) is 4.74 Å². The summed E-state index contributed by atoms with van der Waals surface area (Å²) in [5.41, 5.74) is 1.58. The number of aryl methyl sites for hydroxylation is 1. The predicted octanol–water partition coefficient (Wildman–Crippen LogP) is 3.95. The second-order valence-electron chi connectivity index (χ2n) is 5.88. The van der Waals surface area contributed by atoms with Gasteiger partial charge in [-0.15, -0.1) is 5.10 Å². The van der Waals surface area contributed by atoms with E-state index in [1.165, 1.54) is 36.0 Å². The number of hydrogen-bond acceptors (Lipinski definition) is 5. The van der Waals surface area contributed by atoms with E-state index in [9.17, 15) is 9.18 Å². The Morgan fingerprint density at radius 1 is 1.26 bits per heavy atom. The van der Waals surface area contributed by atoms with Gasteiger partial charge in [0.05, 0.1) is 5.25 Å². The molecule has 8 heteroatoms. The van der Waals surface area contributed by atoms with Gasteiger partial charge in [0.1, 0.15) is 18.2 Å². The van der Waals surface area contributed by atoms with E-state index in [2.05, 4.69) is 20.5 Å². The number of amides is 1. The van der Waals surface area contributed by atoms with Crippen LogP contribution in [-0.4, -0.2) is 26.3 Å². The maximum absolute atomic E-state index is 12.9. The highest BCUT2D eigenvalue weighted by Gasteiger charge is 2.17. The molecule has 2 N–H and O–H groups in total. The number of halogens is 1. The molecule has 0 aliphatic rings. The Morgan fingerprint density at radius 3 is 2.74 bits per heavy atom. The first-order valence-corrected chi connectivity index (χ1v) is 9.22. The second-order valence-corrected chi connectivity index (χ2v) is 7.18. The molecule has 1 amide bonds. The van der Waals surface area contributed by atoms with Gasteiger partial charge in [-0.25, -0.2) is 9.37 Å². The van der Waals surface area contributed by atoms with Crippen LogP contribution < -0.4 is 10.1 Å². The number of thioether (sulfide) groups is 1. The summed E-state index contributed by atoms with van der Waals surface area (Å²) >= 11 is 1.22. The van der Waals surface area contributed by atoms with Crippen molar-refractivity contribution in [1.29, 1.82) is 0 Å². The minimum Gasteiger partial charge on any atom is -0.485 e. The van der Waals surface area contributed by atoms with Gasteiger partial charge in [0.2, 0.25) is 11.1 Å². The van der Waals surface area contributed by atoms with Crippen LogP contribution in [0.4, 0.5) is 10.1 Å². The minimum atomic E-state index is -0.420. The van der Waals surface area contributed by atoms with Crippen molar-refractivity contribution >= 4 is 23.4 Å². The van der Waals surface area contributed by atoms with Gasteiger partial charge in [0.15, 0.2) is 5.82 Å². The molecule has 0 aliphatic heterocycles. The summed E-state index contributed by atoms with van der Waals surface area (Å²) < 4.78 is 18.6. The lowest BCUT2D eigenvalue weighted by Gasteiger charge is -2.10. The third-order valence-electron chi connectivity index (χ3n) is 3.73. The number of benzene rings is 2. The number of aromatic amines is 1. The van der Waals surface area contributed by atoms with E-state index >= 15 is 0 Å². The Balaban J connectivity index is 1.52. The molecule has 0 aliphatic carbocycles. The quantitative estimate of drug-likeness (QED) is 0.601. The molecule has 1 aromatic heterocycles. The van der Waals surface area contributed by atoms with E-state index in [0.717, 1.165) is 11.3 Å². The fraction of sp³-hybridized carbons (Fsp3) is 0.211. The van der Waals surface area contributed by atoms with Crippen LogP contribution in [0.1, 0.15) is 18.3 Å². The predicted molar refractivity (Wildman–Crippen MR) is 102 cm³/mol. The van der Waals surface area contributed by atoms with Crippen LogP contribution >= 0.6 is 11.8 Å². The van der Waals surface area contributed by atoms with Crippen molar-refractivity contribution in [1.82, 2.24) is 15.2 Å². The van der Waals surface area contributed by atoms with Crippen molar-refractivity contribution in [3.8, 4) is 5.75 Å². The molecular formula is C19H19FN4O2S. The van der Waals surface area contributed by atoms with E-state index in [0.29, 0.717) is 16.7 Å². The maximum Gasteiger partial charge on any atom is 0.237 e. The van der Waals surface area contributed by atoms with Crippen molar-refractivity contribution < 1.29 is 13.9 Å². The normalized spacial score (nSPS) is 11.8. The molecule has 1 atom stereocenters. The number of para-hydroxylation sites is 1. The van der Waals surface area contributed by atoms with Gasteiger partial charge in [-0.2, -0.15) is 0 Å². The molecule has 3 rings (SSSR count). The first-order valence-electron chi connectivity index (χ1n) is 8.34. The molecule has 0 radical (unpaired) electrons. The summed E-state index contributed by atoms with van der Waals surface area (Å²) in [6.45, 7) is 3.98. The van der Waals surface area contributed by atoms with E-state index in [-0.39, 0.29) is 18.3 Å². The molecule has 0 bridgehead atoms. The summed E-state index contributed by atoms with van der Waals surface area (Å²) in [6, 6.07) is 13.3. The van der Waals surface area contributed by atoms with Crippen molar-refractivity contribution in [3.63, 3.8) is 0 Å². The van der Waals surface area contributed by atoms with Gasteiger partial charge >= 0.3 is 0 Å². The fourth-order valence-corrected chi connectivity index (χ4v) is 2.99. The van der Waals surface area contributed by atoms with Gasteiger partial charge in [-0.05, 0) is 49.7 Å². The molecule has 6 nitrogen and oxygen atoms in total. The number of nitrogens with one attached hydrogen (secondary N) is 2. The summed E-state index contributed by atoms with van der Waals surface area (Å²) in [4.78, 5) is 16.6. The lowest BCUT2D eigenvalue weighted by Crippen LogP contribution is -2.22. The molecule has 1 heterocycles. The standard InChI is InChI=1S/C19H19FN4O2S/c1-12-5-3-4-6-16(12)26-11-17-22-19(24-23-17)27-13(2)18(25)21-15-9-7-14(20)8-10-15/h3-10,13H,11H2,1-2H3,(H,21,25)(H,22,23,24)/t13-/m0/s1. The fourth-order valence-electron chi connectivity index (χ4n) is 2.25. The van der Waals surface area contributed by atoms with Crippen LogP contribution in [0.3, 0.4) is 0 Å². The molecule has 2 aromatic carbocycles.